The van der Waals surface area contributed by atoms with Gasteiger partial charge in [-0.05, 0) is 56.7 Å². The standard InChI is InChI=1S/C12H15Br2NO4S2/c13-10-5-9(11(14)20-10)21(18,19)15-6-7-3-1-2-4-8(7)12(16)17/h5,7-8,15H,1-4,6H2,(H,16,17). The lowest BCUT2D eigenvalue weighted by Gasteiger charge is -2.28. The molecule has 0 radical (unpaired) electrons. The zero-order valence-electron chi connectivity index (χ0n) is 11.0. The van der Waals surface area contributed by atoms with Crippen molar-refractivity contribution < 1.29 is 18.3 Å². The summed E-state index contributed by atoms with van der Waals surface area (Å²) in [6.45, 7) is 0.166. The Labute approximate surface area is 144 Å². The lowest BCUT2D eigenvalue weighted by atomic mass is 9.79. The molecule has 118 valence electrons. The number of carbonyl (C=O) groups is 1. The predicted octanol–water partition coefficient (Wildman–Crippen LogP) is 3.44. The van der Waals surface area contributed by atoms with Gasteiger partial charge < -0.3 is 5.11 Å². The van der Waals surface area contributed by atoms with Crippen LogP contribution in [-0.2, 0) is 14.8 Å². The van der Waals surface area contributed by atoms with E-state index >= 15 is 0 Å². The van der Waals surface area contributed by atoms with Crippen molar-refractivity contribution in [3.8, 4) is 0 Å². The Kier molecular flexibility index (Phi) is 5.86. The highest BCUT2D eigenvalue weighted by Gasteiger charge is 2.32. The van der Waals surface area contributed by atoms with Gasteiger partial charge in [0, 0.05) is 6.54 Å². The van der Waals surface area contributed by atoms with E-state index in [2.05, 4.69) is 36.6 Å². The van der Waals surface area contributed by atoms with Crippen LogP contribution in [0.1, 0.15) is 25.7 Å². The molecule has 1 heterocycles. The van der Waals surface area contributed by atoms with E-state index in [4.69, 9.17) is 0 Å². The average Bonchev–Trinajstić information content (AvgIpc) is 2.76. The Morgan fingerprint density at radius 1 is 1.38 bits per heavy atom. The number of aliphatic carboxylic acids is 1. The van der Waals surface area contributed by atoms with E-state index in [1.165, 1.54) is 17.4 Å². The van der Waals surface area contributed by atoms with Crippen molar-refractivity contribution in [2.75, 3.05) is 6.54 Å². The fourth-order valence-corrected chi connectivity index (χ4v) is 7.48. The molecule has 21 heavy (non-hydrogen) atoms. The van der Waals surface area contributed by atoms with Crippen molar-refractivity contribution in [1.29, 1.82) is 0 Å². The van der Waals surface area contributed by atoms with E-state index in [0.29, 0.717) is 10.2 Å². The molecule has 0 aromatic carbocycles. The summed E-state index contributed by atoms with van der Waals surface area (Å²) in [5, 5.41) is 9.21. The quantitative estimate of drug-likeness (QED) is 0.704. The minimum atomic E-state index is -3.63. The van der Waals surface area contributed by atoms with E-state index < -0.39 is 21.9 Å². The van der Waals surface area contributed by atoms with Gasteiger partial charge in [0.1, 0.15) is 4.90 Å². The molecule has 2 rings (SSSR count). The first-order valence-electron chi connectivity index (χ1n) is 6.48. The Hall–Kier alpha value is 0.0400. The molecule has 0 spiro atoms. The van der Waals surface area contributed by atoms with Gasteiger partial charge >= 0.3 is 5.97 Å². The van der Waals surface area contributed by atoms with Crippen LogP contribution in [0.4, 0.5) is 0 Å². The second-order valence-corrected chi connectivity index (χ2v) is 10.5. The number of rotatable bonds is 5. The van der Waals surface area contributed by atoms with Crippen LogP contribution in [0.5, 0.6) is 0 Å². The summed E-state index contributed by atoms with van der Waals surface area (Å²) in [7, 11) is -3.63. The molecule has 1 fully saturated rings. The van der Waals surface area contributed by atoms with E-state index in [1.807, 2.05) is 0 Å². The normalized spacial score (nSPS) is 23.1. The number of thiophene rings is 1. The highest BCUT2D eigenvalue weighted by atomic mass is 79.9. The number of carboxylic acids is 1. The Morgan fingerprint density at radius 3 is 2.62 bits per heavy atom. The molecule has 0 aliphatic heterocycles. The van der Waals surface area contributed by atoms with Crippen molar-refractivity contribution in [2.45, 2.75) is 30.6 Å². The van der Waals surface area contributed by atoms with Crippen LogP contribution in [-0.4, -0.2) is 26.0 Å². The van der Waals surface area contributed by atoms with E-state index in [-0.39, 0.29) is 17.4 Å². The Balaban J connectivity index is 2.07. The molecule has 1 aromatic heterocycles. The van der Waals surface area contributed by atoms with E-state index in [1.54, 1.807) is 0 Å². The van der Waals surface area contributed by atoms with Gasteiger partial charge in [-0.3, -0.25) is 4.79 Å². The maximum atomic E-state index is 12.3. The molecule has 2 atom stereocenters. The van der Waals surface area contributed by atoms with Gasteiger partial charge in [0.15, 0.2) is 0 Å². The van der Waals surface area contributed by atoms with Gasteiger partial charge in [0.2, 0.25) is 10.0 Å². The molecular formula is C12H15Br2NO4S2. The lowest BCUT2D eigenvalue weighted by Crippen LogP contribution is -2.37. The topological polar surface area (TPSA) is 83.5 Å². The Bertz CT molecular complexity index is 629. The average molecular weight is 461 g/mol. The van der Waals surface area contributed by atoms with Crippen LogP contribution < -0.4 is 4.72 Å². The smallest absolute Gasteiger partial charge is 0.306 e. The molecular weight excluding hydrogens is 446 g/mol. The van der Waals surface area contributed by atoms with Crippen molar-refractivity contribution in [1.82, 2.24) is 4.72 Å². The highest BCUT2D eigenvalue weighted by molar-refractivity contribution is 9.12. The zero-order chi connectivity index (χ0) is 15.6. The Morgan fingerprint density at radius 2 is 2.05 bits per heavy atom. The predicted molar refractivity (Wildman–Crippen MR) is 88.0 cm³/mol. The molecule has 1 aromatic rings. The van der Waals surface area contributed by atoms with Gasteiger partial charge in [0.25, 0.3) is 0 Å². The number of carboxylic acid groups (broad SMARTS) is 1. The van der Waals surface area contributed by atoms with Crippen LogP contribution in [0, 0.1) is 11.8 Å². The summed E-state index contributed by atoms with van der Waals surface area (Å²) in [5.41, 5.74) is 0. The summed E-state index contributed by atoms with van der Waals surface area (Å²) in [5.74, 6) is -1.44. The first kappa shape index (κ1) is 17.4. The summed E-state index contributed by atoms with van der Waals surface area (Å²) in [4.78, 5) is 11.4. The largest absolute Gasteiger partial charge is 0.481 e. The van der Waals surface area contributed by atoms with Crippen molar-refractivity contribution in [3.63, 3.8) is 0 Å². The van der Waals surface area contributed by atoms with Crippen molar-refractivity contribution >= 4 is 59.2 Å². The molecule has 0 amide bonds. The van der Waals surface area contributed by atoms with Gasteiger partial charge in [-0.25, -0.2) is 13.1 Å². The number of hydrogen-bond acceptors (Lipinski definition) is 4. The summed E-state index contributed by atoms with van der Waals surface area (Å²) in [6, 6.07) is 1.53. The van der Waals surface area contributed by atoms with Crippen LogP contribution >= 0.6 is 43.2 Å². The molecule has 1 saturated carbocycles. The molecule has 2 N–H and O–H groups in total. The third-order valence-corrected chi connectivity index (χ3v) is 7.86. The molecule has 0 saturated heterocycles. The first-order chi connectivity index (χ1) is 9.81. The van der Waals surface area contributed by atoms with Gasteiger partial charge in [-0.15, -0.1) is 11.3 Å². The van der Waals surface area contributed by atoms with Crippen molar-refractivity contribution in [2.24, 2.45) is 11.8 Å². The highest BCUT2D eigenvalue weighted by Crippen LogP contribution is 2.35. The SMILES string of the molecule is O=C(O)C1CCCCC1CNS(=O)(=O)c1cc(Br)sc1Br. The fraction of sp³-hybridized carbons (Fsp3) is 0.583. The van der Waals surface area contributed by atoms with Gasteiger partial charge in [0.05, 0.1) is 13.5 Å². The molecule has 0 bridgehead atoms. The third-order valence-electron chi connectivity index (χ3n) is 3.68. The monoisotopic (exact) mass is 459 g/mol. The molecule has 9 heteroatoms. The number of halogens is 2. The molecule has 1 aliphatic carbocycles. The minimum absolute atomic E-state index is 0.146. The number of sulfonamides is 1. The van der Waals surface area contributed by atoms with Gasteiger partial charge in [-0.2, -0.15) is 0 Å². The summed E-state index contributed by atoms with van der Waals surface area (Å²) in [6.07, 6.45) is 3.20. The second kappa shape index (κ2) is 7.08. The second-order valence-electron chi connectivity index (χ2n) is 5.03. The van der Waals surface area contributed by atoms with Crippen molar-refractivity contribution in [3.05, 3.63) is 13.6 Å². The van der Waals surface area contributed by atoms with Crippen LogP contribution in [0.15, 0.2) is 18.5 Å². The first-order valence-corrected chi connectivity index (χ1v) is 10.4. The molecule has 2 unspecified atom stereocenters. The van der Waals surface area contributed by atoms with Gasteiger partial charge in [-0.1, -0.05) is 12.8 Å². The number of hydrogen-bond donors (Lipinski definition) is 2. The maximum Gasteiger partial charge on any atom is 0.306 e. The minimum Gasteiger partial charge on any atom is -0.481 e. The third kappa shape index (κ3) is 4.28. The fourth-order valence-electron chi connectivity index (χ4n) is 2.58. The lowest BCUT2D eigenvalue weighted by molar-refractivity contribution is -0.144. The summed E-state index contributed by atoms with van der Waals surface area (Å²) < 4.78 is 28.4. The van der Waals surface area contributed by atoms with Crippen LogP contribution in [0.25, 0.3) is 0 Å². The molecule has 5 nitrogen and oxygen atoms in total. The van der Waals surface area contributed by atoms with E-state index in [9.17, 15) is 18.3 Å². The van der Waals surface area contributed by atoms with E-state index in [0.717, 1.165) is 23.0 Å². The molecule has 1 aliphatic rings. The maximum absolute atomic E-state index is 12.3. The van der Waals surface area contributed by atoms with Crippen LogP contribution in [0.2, 0.25) is 0 Å². The zero-order valence-corrected chi connectivity index (χ0v) is 15.8. The summed E-state index contributed by atoms with van der Waals surface area (Å²) >= 11 is 7.76. The van der Waals surface area contributed by atoms with Crippen LogP contribution in [0.3, 0.4) is 0 Å². The number of nitrogens with one attached hydrogen (secondary N) is 1.